The molecule has 0 aliphatic carbocycles. The largest absolute Gasteiger partial charge is 0.495 e. The van der Waals surface area contributed by atoms with Crippen LogP contribution in [0.5, 0.6) is 11.5 Å². The van der Waals surface area contributed by atoms with Gasteiger partial charge in [0.2, 0.25) is 0 Å². The second kappa shape index (κ2) is 51.7. The zero-order chi connectivity index (χ0) is 91.0. The van der Waals surface area contributed by atoms with Crippen molar-refractivity contribution in [3.63, 3.8) is 0 Å². The van der Waals surface area contributed by atoms with Crippen molar-refractivity contribution < 1.29 is 13.9 Å². The van der Waals surface area contributed by atoms with E-state index in [1.807, 2.05) is 124 Å². The van der Waals surface area contributed by atoms with Crippen LogP contribution >= 0.6 is 58.2 Å². The number of nitrogens with zero attached hydrogens (tertiary/aromatic N) is 1. The molecule has 2 atom stereocenters. The van der Waals surface area contributed by atoms with E-state index < -0.39 is 0 Å². The van der Waals surface area contributed by atoms with Gasteiger partial charge in [0.15, 0.2) is 0 Å². The van der Waals surface area contributed by atoms with Gasteiger partial charge in [0, 0.05) is 110 Å². The number of anilines is 15. The Balaban J connectivity index is 0.000000171. The van der Waals surface area contributed by atoms with Crippen LogP contribution in [0.25, 0.3) is 0 Å². The molecule has 0 unspecified atom stereocenters. The number of hydrogen-bond acceptors (Lipinski definition) is 16. The number of methoxy groups -OCH3 is 2. The summed E-state index contributed by atoms with van der Waals surface area (Å²) in [7, 11) is 7.19. The van der Waals surface area contributed by atoms with Crippen LogP contribution in [0, 0.1) is 26.6 Å². The molecule has 15 nitrogen and oxygen atoms in total. The van der Waals surface area contributed by atoms with Crippen molar-refractivity contribution >= 4 is 143 Å². The van der Waals surface area contributed by atoms with E-state index in [-0.39, 0.29) is 5.82 Å². The van der Waals surface area contributed by atoms with Crippen molar-refractivity contribution in [3.05, 3.63) is 385 Å². The summed E-state index contributed by atoms with van der Waals surface area (Å²) in [5.41, 5.74) is 64.9. The molecule has 0 fully saturated rings. The summed E-state index contributed by atoms with van der Waals surface area (Å²) in [6.45, 7) is 15.6. The van der Waals surface area contributed by atoms with Crippen LogP contribution < -0.4 is 81.1 Å². The highest BCUT2D eigenvalue weighted by molar-refractivity contribution is 7.99. The van der Waals surface area contributed by atoms with E-state index in [0.717, 1.165) is 53.2 Å². The molecule has 0 spiro atoms. The van der Waals surface area contributed by atoms with Gasteiger partial charge in [-0.1, -0.05) is 230 Å². The predicted molar refractivity (Wildman–Crippen MR) is 545 cm³/mol. The number of rotatable bonds is 4. The maximum atomic E-state index is 12.3. The van der Waals surface area contributed by atoms with Gasteiger partial charge >= 0.3 is 0 Å². The third-order valence-electron chi connectivity index (χ3n) is 20.1. The minimum atomic E-state index is -0.280. The fourth-order valence-corrected chi connectivity index (χ4v) is 14.9. The number of benzene rings is 14. The first kappa shape index (κ1) is 98.9. The first-order valence-electron chi connectivity index (χ1n) is 41.7. The lowest BCUT2D eigenvalue weighted by atomic mass is 10.0. The van der Waals surface area contributed by atoms with Crippen molar-refractivity contribution in [2.45, 2.75) is 115 Å². The van der Waals surface area contributed by atoms with Crippen LogP contribution in [0.3, 0.4) is 0 Å². The molecule has 0 saturated carbocycles. The number of nitrogens with two attached hydrogens (primary N) is 7. The molecule has 658 valence electrons. The molecule has 0 radical (unpaired) electrons. The maximum Gasteiger partial charge on any atom is 0.143 e. The van der Waals surface area contributed by atoms with E-state index >= 15 is 0 Å². The second-order valence-corrected chi connectivity index (χ2v) is 33.4. The highest BCUT2D eigenvalue weighted by atomic mass is 35.5. The Hall–Kier alpha value is -12.5. The molecular formula is C105H120Cl4FN13O2S. The number of nitrogen functional groups attached to an aromatic ring is 7. The van der Waals surface area contributed by atoms with Gasteiger partial charge < -0.3 is 81.1 Å². The van der Waals surface area contributed by atoms with E-state index in [4.69, 9.17) is 96.0 Å². The zero-order valence-electron chi connectivity index (χ0n) is 73.7. The minimum Gasteiger partial charge on any atom is -0.495 e. The summed E-state index contributed by atoms with van der Waals surface area (Å²) >= 11 is 24.4. The SMILES string of the molecule is CC(C)c1ccccc1N.CN(C)c1ccc(N)cc1.COc1cc(Cl)c(C)cc1N.COc1ccc(C)cc1N.C[C@@H]1Cc2ccccc2N1.C[C@H]1Cc2ccccc2N1.Cc1ccc(F)cc1N.Nc1ccc(Cl)cc1Cl.Nc1ccccc1Cl.c1ccc2c(c1)CCCN2.c1ccc2c(c1)CCc1ccccc1N2.c1ccc2c(c1)Nc1ccccc1S2. The number of ether oxygens (including phenoxy) is 2. The van der Waals surface area contributed by atoms with Gasteiger partial charge in [0.05, 0.1) is 58.4 Å². The van der Waals surface area contributed by atoms with Gasteiger partial charge in [-0.2, -0.15) is 0 Å². The fourth-order valence-electron chi connectivity index (χ4n) is 13.2. The van der Waals surface area contributed by atoms with Gasteiger partial charge in [-0.3, -0.25) is 0 Å². The summed E-state index contributed by atoms with van der Waals surface area (Å²) in [5, 5.41) is 19.5. The summed E-state index contributed by atoms with van der Waals surface area (Å²) < 4.78 is 22.2. The predicted octanol–water partition coefficient (Wildman–Crippen LogP) is 27.3. The van der Waals surface area contributed by atoms with E-state index in [9.17, 15) is 4.39 Å². The van der Waals surface area contributed by atoms with E-state index in [1.54, 1.807) is 62.8 Å². The smallest absolute Gasteiger partial charge is 0.143 e. The molecule has 0 saturated heterocycles. The molecule has 19 N–H and O–H groups in total. The molecule has 14 aromatic rings. The lowest BCUT2D eigenvalue weighted by Crippen LogP contribution is -2.10. The average molecular weight is 1790 g/mol. The van der Waals surface area contributed by atoms with Crippen LogP contribution in [0.2, 0.25) is 20.1 Å². The molecule has 0 bridgehead atoms. The summed E-state index contributed by atoms with van der Waals surface area (Å²) in [5.74, 6) is 1.62. The Morgan fingerprint density at radius 1 is 0.389 bits per heavy atom. The molecule has 5 heterocycles. The van der Waals surface area contributed by atoms with Crippen LogP contribution in [-0.4, -0.2) is 46.9 Å². The third-order valence-corrected chi connectivity index (χ3v) is 22.6. The lowest BCUT2D eigenvalue weighted by Gasteiger charge is -2.19. The molecule has 5 aliphatic heterocycles. The lowest BCUT2D eigenvalue weighted by molar-refractivity contribution is 0.417. The molecule has 14 aromatic carbocycles. The quantitative estimate of drug-likeness (QED) is 0.0731. The Labute approximate surface area is 769 Å². The van der Waals surface area contributed by atoms with Gasteiger partial charge in [0.25, 0.3) is 0 Å². The van der Waals surface area contributed by atoms with Crippen LogP contribution in [-0.2, 0) is 32.1 Å². The van der Waals surface area contributed by atoms with Crippen molar-refractivity contribution in [3.8, 4) is 11.5 Å². The van der Waals surface area contributed by atoms with Crippen LogP contribution in [0.4, 0.5) is 89.7 Å². The monoisotopic (exact) mass is 1790 g/mol. The Morgan fingerprint density at radius 2 is 0.841 bits per heavy atom. The van der Waals surface area contributed by atoms with E-state index in [1.165, 1.54) is 126 Å². The normalized spacial score (nSPS) is 12.8. The fraction of sp³-hybridized carbons (Fsp3) is 0.200. The Kier molecular flexibility index (Phi) is 40.6. The highest BCUT2D eigenvalue weighted by Gasteiger charge is 2.18. The van der Waals surface area contributed by atoms with Crippen molar-refractivity contribution in [1.29, 1.82) is 0 Å². The first-order chi connectivity index (χ1) is 60.6. The number of nitrogens with one attached hydrogen (secondary N) is 5. The number of fused-ring (bicyclic) bond motifs is 7. The molecule has 0 aromatic heterocycles. The topological polar surface area (TPSA) is 264 Å². The first-order valence-corrected chi connectivity index (χ1v) is 44.0. The van der Waals surface area contributed by atoms with Gasteiger partial charge in [-0.05, 0) is 275 Å². The Morgan fingerprint density at radius 3 is 1.29 bits per heavy atom. The van der Waals surface area contributed by atoms with Gasteiger partial charge in [-0.25, -0.2) is 4.39 Å². The Bertz CT molecular complexity index is 5370. The zero-order valence-corrected chi connectivity index (χ0v) is 77.6. The van der Waals surface area contributed by atoms with E-state index in [0.29, 0.717) is 72.3 Å². The van der Waals surface area contributed by atoms with Gasteiger partial charge in [0.1, 0.15) is 17.3 Å². The number of halogens is 5. The summed E-state index contributed by atoms with van der Waals surface area (Å²) in [4.78, 5) is 4.64. The number of aryl methyl sites for hydroxylation is 6. The molecular weight excluding hydrogens is 1670 g/mol. The number of hydrogen-bond donors (Lipinski definition) is 12. The standard InChI is InChI=1S/C14H13N.C12H9NS.3C9H11N.C9H13N.C8H10ClNO.C8H12N2.C8H11NO.C7H8FN.C6H5Cl2N.C6H6ClN/c1-3-7-13-11(5-1)9-10-12-6-2-4-8-14(12)15-13;1-3-7-11-9(5-1)13-10-6-2-4-8-12(10)14-11;2*1-7-6-8-4-2-3-5-9(8)10-7;1-2-6-9-8(4-1)5-3-7-10-9;1-7(2)8-5-3-4-6-9(8)10;1-5-3-7(10)8(11-2)4-6(5)9;1-10(2)8-5-3-7(9)4-6-8;1-6-3-4-8(10-2)7(9)5-6;1-5-2-3-6(8)4-7(5)9;7-4-1-2-6(9)5(8)3-4;7-5-3-1-2-4-6(5)8/h1-8,15H,9-10H2;1-8,13H;2*2-5,7,10H,6H2,1H3;1-2,4,6,10H,3,5,7H2;3-7H,10H2,1-2H3;3-4H,10H2,1-2H3;3-6H,9H2,1-2H3;3-5H,9H2,1-2H3;2-4H,9H2,1H3;1-3H,9H2;1-4H,8H2/t;;2*7-;;;;;;;;/m..10......../s1. The molecule has 21 heteroatoms. The van der Waals surface area contributed by atoms with Crippen molar-refractivity contribution in [1.82, 2.24) is 0 Å². The summed E-state index contributed by atoms with van der Waals surface area (Å²) in [6.07, 6.45) is 7.12. The maximum absolute atomic E-state index is 12.3. The second-order valence-electron chi connectivity index (χ2n) is 30.7. The van der Waals surface area contributed by atoms with Gasteiger partial charge in [-0.15, -0.1) is 0 Å². The molecule has 5 aliphatic rings. The summed E-state index contributed by atoms with van der Waals surface area (Å²) in [6, 6.07) is 102. The average Bonchev–Trinajstić information content (AvgIpc) is 1.15. The van der Waals surface area contributed by atoms with E-state index in [2.05, 4.69) is 230 Å². The minimum absolute atomic E-state index is 0.280. The van der Waals surface area contributed by atoms with Crippen molar-refractivity contribution in [2.75, 3.05) is 106 Å². The highest BCUT2D eigenvalue weighted by Crippen LogP contribution is 2.44. The third kappa shape index (κ3) is 32.9. The van der Waals surface area contributed by atoms with Crippen molar-refractivity contribution in [2.24, 2.45) is 0 Å². The molecule has 19 rings (SSSR count). The molecule has 126 heavy (non-hydrogen) atoms. The van der Waals surface area contributed by atoms with Crippen LogP contribution in [0.1, 0.15) is 90.1 Å². The molecule has 0 amide bonds. The van der Waals surface area contributed by atoms with Crippen LogP contribution in [0.15, 0.2) is 319 Å². The number of para-hydroxylation sites is 9.